The molecule has 0 spiro atoms. The monoisotopic (exact) mass is 601 g/mol. The van der Waals surface area contributed by atoms with Gasteiger partial charge in [-0.05, 0) is 12.5 Å². The summed E-state index contributed by atoms with van der Waals surface area (Å²) in [5.41, 5.74) is 2.34. The minimum absolute atomic E-state index is 0.0718. The zero-order valence-corrected chi connectivity index (χ0v) is 25.4. The Bertz CT molecular complexity index is 1880. The second-order valence-corrected chi connectivity index (χ2v) is 11.2. The number of methoxy groups -OCH3 is 2. The van der Waals surface area contributed by atoms with Crippen LogP contribution >= 0.6 is 0 Å². The number of piperazine rings is 1. The van der Waals surface area contributed by atoms with Gasteiger partial charge in [-0.2, -0.15) is 4.98 Å². The number of ether oxygens (including phenoxy) is 2. The molecule has 0 radical (unpaired) electrons. The predicted octanol–water partition coefficient (Wildman–Crippen LogP) is 1.26. The first-order chi connectivity index (χ1) is 21.1. The number of fused-ring (bicyclic) bond motifs is 1. The van der Waals surface area contributed by atoms with E-state index in [9.17, 15) is 19.2 Å². The van der Waals surface area contributed by atoms with Crippen molar-refractivity contribution in [1.29, 1.82) is 0 Å². The van der Waals surface area contributed by atoms with Gasteiger partial charge in [0, 0.05) is 58.5 Å². The maximum atomic E-state index is 13.6. The van der Waals surface area contributed by atoms with E-state index in [0.717, 1.165) is 15.7 Å². The molecular weight excluding hydrogens is 566 g/mol. The van der Waals surface area contributed by atoms with Gasteiger partial charge in [0.25, 0.3) is 11.5 Å². The van der Waals surface area contributed by atoms with Crippen molar-refractivity contribution in [3.8, 4) is 11.5 Å². The number of aromatic nitrogens is 4. The summed E-state index contributed by atoms with van der Waals surface area (Å²) in [5, 5.41) is 0. The molecule has 2 aromatic heterocycles. The Labute approximate surface area is 253 Å². The van der Waals surface area contributed by atoms with E-state index in [1.165, 1.54) is 30.7 Å². The van der Waals surface area contributed by atoms with E-state index in [1.807, 2.05) is 34.6 Å². The normalized spacial score (nSPS) is 17.6. The van der Waals surface area contributed by atoms with Gasteiger partial charge in [0.05, 0.1) is 38.9 Å². The van der Waals surface area contributed by atoms with Gasteiger partial charge in [-0.3, -0.25) is 33.0 Å². The standard InChI is InChI=1S/C31H35N7O6/c1-19-7-6-8-20(13-19)18-37-26-27(33(2)31(42)34(3)29(26)41)32-30(37)36-11-9-35(10-12-36)24-17-25(39)38(28(24)40)21-14-22(43-4)16-23(15-21)44-5/h6-8,13-16,24H,9-12,17-18H2,1-5H3. The molecule has 6 rings (SSSR count). The van der Waals surface area contributed by atoms with Crippen LogP contribution in [0.4, 0.5) is 11.6 Å². The summed E-state index contributed by atoms with van der Waals surface area (Å²) in [6.07, 6.45) is 0.0718. The predicted molar refractivity (Wildman–Crippen MR) is 165 cm³/mol. The molecule has 2 aromatic carbocycles. The number of carbonyl (C=O) groups is 2. The molecule has 0 saturated carbocycles. The molecule has 230 valence electrons. The Morgan fingerprint density at radius 1 is 0.886 bits per heavy atom. The number of carbonyl (C=O) groups excluding carboxylic acids is 2. The SMILES string of the molecule is COc1cc(OC)cc(N2C(=O)CC(N3CCN(c4nc5c(c(=O)n(C)c(=O)n5C)n4Cc4cccc(C)c4)CC3)C2=O)c1. The summed E-state index contributed by atoms with van der Waals surface area (Å²) >= 11 is 0. The Morgan fingerprint density at radius 2 is 1.57 bits per heavy atom. The third kappa shape index (κ3) is 4.92. The van der Waals surface area contributed by atoms with Crippen LogP contribution in [0.2, 0.25) is 0 Å². The molecule has 1 unspecified atom stereocenters. The Hall–Kier alpha value is -4.91. The second kappa shape index (κ2) is 11.3. The Balaban J connectivity index is 1.28. The fourth-order valence-corrected chi connectivity index (χ4v) is 6.15. The van der Waals surface area contributed by atoms with Crippen LogP contribution in [0.1, 0.15) is 17.5 Å². The van der Waals surface area contributed by atoms with Crippen LogP contribution in [0, 0.1) is 6.92 Å². The molecule has 0 aliphatic carbocycles. The molecule has 13 heteroatoms. The lowest BCUT2D eigenvalue weighted by atomic mass is 10.1. The van der Waals surface area contributed by atoms with Gasteiger partial charge in [-0.15, -0.1) is 0 Å². The van der Waals surface area contributed by atoms with Crippen LogP contribution in [-0.2, 0) is 30.2 Å². The second-order valence-electron chi connectivity index (χ2n) is 11.2. The highest BCUT2D eigenvalue weighted by molar-refractivity contribution is 6.22. The summed E-state index contributed by atoms with van der Waals surface area (Å²) < 4.78 is 15.0. The zero-order valence-electron chi connectivity index (χ0n) is 25.4. The highest BCUT2D eigenvalue weighted by atomic mass is 16.5. The molecule has 0 bridgehead atoms. The van der Waals surface area contributed by atoms with Gasteiger partial charge in [0.2, 0.25) is 11.9 Å². The van der Waals surface area contributed by atoms with Crippen LogP contribution in [0.3, 0.4) is 0 Å². The number of aryl methyl sites for hydroxylation is 2. The topological polar surface area (TPSA) is 124 Å². The van der Waals surface area contributed by atoms with Crippen molar-refractivity contribution in [2.45, 2.75) is 25.9 Å². The largest absolute Gasteiger partial charge is 0.497 e. The fraction of sp³-hybridized carbons (Fsp3) is 0.387. The van der Waals surface area contributed by atoms with Crippen molar-refractivity contribution < 1.29 is 19.1 Å². The molecule has 44 heavy (non-hydrogen) atoms. The number of rotatable bonds is 7. The summed E-state index contributed by atoms with van der Waals surface area (Å²) in [7, 11) is 6.11. The van der Waals surface area contributed by atoms with Gasteiger partial charge < -0.3 is 14.4 Å². The molecule has 2 aliphatic rings. The lowest BCUT2D eigenvalue weighted by Gasteiger charge is -2.37. The van der Waals surface area contributed by atoms with Gasteiger partial charge in [0.15, 0.2) is 11.2 Å². The Kier molecular flexibility index (Phi) is 7.49. The zero-order chi connectivity index (χ0) is 31.3. The van der Waals surface area contributed by atoms with Crippen molar-refractivity contribution in [3.63, 3.8) is 0 Å². The van der Waals surface area contributed by atoms with E-state index in [0.29, 0.717) is 67.0 Å². The number of imidazole rings is 1. The van der Waals surface area contributed by atoms with Crippen LogP contribution in [0.15, 0.2) is 52.1 Å². The fourth-order valence-electron chi connectivity index (χ4n) is 6.15. The lowest BCUT2D eigenvalue weighted by molar-refractivity contribution is -0.123. The number of hydrogen-bond donors (Lipinski definition) is 0. The van der Waals surface area contributed by atoms with E-state index in [2.05, 4.69) is 11.0 Å². The van der Waals surface area contributed by atoms with Crippen molar-refractivity contribution in [1.82, 2.24) is 23.6 Å². The average molecular weight is 602 g/mol. The van der Waals surface area contributed by atoms with Crippen molar-refractivity contribution in [2.75, 3.05) is 50.2 Å². The van der Waals surface area contributed by atoms with Crippen molar-refractivity contribution in [2.24, 2.45) is 14.1 Å². The van der Waals surface area contributed by atoms with E-state index in [4.69, 9.17) is 14.5 Å². The van der Waals surface area contributed by atoms with E-state index < -0.39 is 17.3 Å². The summed E-state index contributed by atoms with van der Waals surface area (Å²) in [5.74, 6) is 0.979. The van der Waals surface area contributed by atoms with Crippen LogP contribution in [-0.4, -0.2) is 81.8 Å². The third-order valence-corrected chi connectivity index (χ3v) is 8.51. The van der Waals surface area contributed by atoms with E-state index in [-0.39, 0.29) is 18.2 Å². The molecule has 2 aliphatic heterocycles. The summed E-state index contributed by atoms with van der Waals surface area (Å²) in [4.78, 5) is 62.9. The number of nitrogens with zero attached hydrogens (tertiary/aromatic N) is 7. The van der Waals surface area contributed by atoms with Gasteiger partial charge in [-0.25, -0.2) is 9.69 Å². The molecule has 13 nitrogen and oxygen atoms in total. The minimum atomic E-state index is -0.596. The number of hydrogen-bond acceptors (Lipinski definition) is 9. The maximum Gasteiger partial charge on any atom is 0.332 e. The van der Waals surface area contributed by atoms with Crippen molar-refractivity contribution >= 4 is 34.6 Å². The molecular formula is C31H35N7O6. The number of imide groups is 1. The van der Waals surface area contributed by atoms with Gasteiger partial charge >= 0.3 is 5.69 Å². The highest BCUT2D eigenvalue weighted by Crippen LogP contribution is 2.33. The minimum Gasteiger partial charge on any atom is -0.497 e. The summed E-state index contributed by atoms with van der Waals surface area (Å²) in [6, 6.07) is 12.4. The van der Waals surface area contributed by atoms with Gasteiger partial charge in [0.1, 0.15) is 11.5 Å². The van der Waals surface area contributed by atoms with Crippen molar-refractivity contribution in [3.05, 3.63) is 74.4 Å². The van der Waals surface area contributed by atoms with Gasteiger partial charge in [-0.1, -0.05) is 29.8 Å². The first-order valence-electron chi connectivity index (χ1n) is 14.4. The average Bonchev–Trinajstić information content (AvgIpc) is 3.55. The third-order valence-electron chi connectivity index (χ3n) is 8.51. The summed E-state index contributed by atoms with van der Waals surface area (Å²) in [6.45, 7) is 4.44. The molecule has 2 amide bonds. The van der Waals surface area contributed by atoms with Crippen LogP contribution < -0.4 is 30.5 Å². The van der Waals surface area contributed by atoms with E-state index in [1.54, 1.807) is 25.2 Å². The molecule has 2 fully saturated rings. The lowest BCUT2D eigenvalue weighted by Crippen LogP contribution is -2.53. The molecule has 2 saturated heterocycles. The Morgan fingerprint density at radius 3 is 2.20 bits per heavy atom. The quantitative estimate of drug-likeness (QED) is 0.288. The first-order valence-corrected chi connectivity index (χ1v) is 14.4. The molecule has 4 heterocycles. The maximum absolute atomic E-state index is 13.6. The number of amides is 2. The smallest absolute Gasteiger partial charge is 0.332 e. The van der Waals surface area contributed by atoms with Crippen LogP contribution in [0.5, 0.6) is 11.5 Å². The number of benzene rings is 2. The first kappa shape index (κ1) is 29.2. The molecule has 4 aromatic rings. The molecule has 1 atom stereocenters. The highest BCUT2D eigenvalue weighted by Gasteiger charge is 2.44. The van der Waals surface area contributed by atoms with E-state index >= 15 is 0 Å². The molecule has 0 N–H and O–H groups in total. The number of anilines is 2. The van der Waals surface area contributed by atoms with Crippen LogP contribution in [0.25, 0.3) is 11.2 Å².